The van der Waals surface area contributed by atoms with E-state index in [0.717, 1.165) is 6.26 Å². The Kier molecular flexibility index (Phi) is 6.21. The molecule has 0 radical (unpaired) electrons. The predicted octanol–water partition coefficient (Wildman–Crippen LogP) is 2.47. The Morgan fingerprint density at radius 2 is 1.71 bits per heavy atom. The fourth-order valence-corrected chi connectivity index (χ4v) is 6.81. The number of fused-ring (bicyclic) bond motifs is 1. The average molecular weight is 520 g/mol. The summed E-state index contributed by atoms with van der Waals surface area (Å²) in [5.41, 5.74) is 0.869. The molecule has 1 aliphatic rings. The summed E-state index contributed by atoms with van der Waals surface area (Å²) in [6.07, 6.45) is 1.79. The lowest BCUT2D eigenvalue weighted by Gasteiger charge is -2.34. The van der Waals surface area contributed by atoms with Crippen molar-refractivity contribution in [1.29, 1.82) is 0 Å². The Labute approximate surface area is 204 Å². The average Bonchev–Trinajstić information content (AvgIpc) is 3.06. The van der Waals surface area contributed by atoms with E-state index in [1.54, 1.807) is 34.9 Å². The van der Waals surface area contributed by atoms with Gasteiger partial charge in [-0.15, -0.1) is 0 Å². The van der Waals surface area contributed by atoms with E-state index in [9.17, 15) is 26.4 Å². The lowest BCUT2D eigenvalue weighted by Crippen LogP contribution is -2.50. The van der Waals surface area contributed by atoms with Crippen molar-refractivity contribution in [2.45, 2.75) is 50.1 Å². The molecule has 9 nitrogen and oxygen atoms in total. The van der Waals surface area contributed by atoms with E-state index in [-0.39, 0.29) is 34.0 Å². The first-order chi connectivity index (χ1) is 16.2. The first-order valence-electron chi connectivity index (χ1n) is 11.3. The van der Waals surface area contributed by atoms with Gasteiger partial charge in [0.1, 0.15) is 9.84 Å². The molecule has 1 saturated heterocycles. The number of aromatic nitrogens is 2. The van der Waals surface area contributed by atoms with Crippen LogP contribution in [0.25, 0.3) is 16.7 Å². The Morgan fingerprint density at radius 1 is 1.06 bits per heavy atom. The van der Waals surface area contributed by atoms with Gasteiger partial charge in [-0.25, -0.2) is 21.6 Å². The monoisotopic (exact) mass is 519 g/mol. The molecule has 1 aliphatic heterocycles. The van der Waals surface area contributed by atoms with Gasteiger partial charge in [0, 0.05) is 23.4 Å². The maximum Gasteiger partial charge on any atom is 0.333 e. The van der Waals surface area contributed by atoms with E-state index in [1.807, 2.05) is 20.8 Å². The highest BCUT2D eigenvalue weighted by atomic mass is 32.2. The molecule has 188 valence electrons. The Bertz CT molecular complexity index is 1580. The van der Waals surface area contributed by atoms with Crippen LogP contribution in [0.2, 0.25) is 0 Å². The van der Waals surface area contributed by atoms with Gasteiger partial charge in [0.05, 0.1) is 33.1 Å². The Morgan fingerprint density at radius 3 is 2.31 bits per heavy atom. The van der Waals surface area contributed by atoms with Gasteiger partial charge in [0.25, 0.3) is 5.91 Å². The number of hydrogen-bond acceptors (Lipinski definition) is 6. The molecule has 11 heteroatoms. The number of imidazole rings is 1. The smallest absolute Gasteiger partial charge is 0.333 e. The number of sulfone groups is 2. The van der Waals surface area contributed by atoms with Crippen molar-refractivity contribution < 1.29 is 21.6 Å². The number of nitrogens with one attached hydrogen (secondary N) is 1. The summed E-state index contributed by atoms with van der Waals surface area (Å²) in [5.74, 6) is -0.279. The summed E-state index contributed by atoms with van der Waals surface area (Å²) in [6.45, 7) is 5.55. The van der Waals surface area contributed by atoms with Crippen LogP contribution in [0.5, 0.6) is 0 Å². The normalized spacial score (nSPS) is 17.5. The van der Waals surface area contributed by atoms with Gasteiger partial charge in [-0.05, 0) is 70.0 Å². The highest BCUT2D eigenvalue weighted by Gasteiger charge is 2.34. The maximum absolute atomic E-state index is 13.4. The fourth-order valence-electron chi connectivity index (χ4n) is 4.42. The van der Waals surface area contributed by atoms with Crippen LogP contribution in [-0.4, -0.2) is 55.2 Å². The van der Waals surface area contributed by atoms with Gasteiger partial charge in [-0.1, -0.05) is 6.07 Å². The molecule has 1 amide bonds. The molecule has 0 aliphatic carbocycles. The number of hydrogen-bond donors (Lipinski definition) is 1. The molecule has 1 fully saturated rings. The van der Waals surface area contributed by atoms with Crippen molar-refractivity contribution in [2.24, 2.45) is 0 Å². The molecule has 0 bridgehead atoms. The van der Waals surface area contributed by atoms with Gasteiger partial charge >= 0.3 is 5.69 Å². The Balaban J connectivity index is 1.78. The molecular weight excluding hydrogens is 490 g/mol. The molecule has 0 unspecified atom stereocenters. The molecule has 0 spiro atoms. The summed E-state index contributed by atoms with van der Waals surface area (Å²) in [5, 5.41) is 2.98. The van der Waals surface area contributed by atoms with Crippen LogP contribution in [-0.2, 0) is 19.7 Å². The summed E-state index contributed by atoms with van der Waals surface area (Å²) in [6, 6.07) is 10.9. The number of carbonyl (C=O) groups is 1. The summed E-state index contributed by atoms with van der Waals surface area (Å²) in [7, 11) is -6.54. The molecule has 0 atom stereocenters. The molecule has 35 heavy (non-hydrogen) atoms. The van der Waals surface area contributed by atoms with Gasteiger partial charge in [-0.2, -0.15) is 0 Å². The number of amides is 1. The minimum atomic E-state index is -3.47. The second kappa shape index (κ2) is 8.63. The van der Waals surface area contributed by atoms with Crippen LogP contribution in [0.1, 0.15) is 50.0 Å². The van der Waals surface area contributed by atoms with E-state index in [1.165, 1.54) is 16.7 Å². The van der Waals surface area contributed by atoms with E-state index in [0.29, 0.717) is 35.1 Å². The zero-order valence-electron chi connectivity index (χ0n) is 20.1. The van der Waals surface area contributed by atoms with Gasteiger partial charge in [-0.3, -0.25) is 13.9 Å². The van der Waals surface area contributed by atoms with Crippen LogP contribution in [0.15, 0.2) is 52.2 Å². The van der Waals surface area contributed by atoms with Crippen LogP contribution in [0.4, 0.5) is 0 Å². The van der Waals surface area contributed by atoms with Crippen molar-refractivity contribution in [1.82, 2.24) is 14.5 Å². The quantitative estimate of drug-likeness (QED) is 0.552. The SMILES string of the molecule is CC(C)n1c(=O)n(-c2cccc(S(C)(=O)=O)c2)c2ccc(C(=O)NC3(C)CCS(=O)(=O)CC3)cc21. The predicted molar refractivity (Wildman–Crippen MR) is 135 cm³/mol. The molecule has 0 saturated carbocycles. The van der Waals surface area contributed by atoms with Gasteiger partial charge in [0.15, 0.2) is 9.84 Å². The number of carbonyl (C=O) groups excluding carboxylic acids is 1. The molecule has 3 aromatic rings. The summed E-state index contributed by atoms with van der Waals surface area (Å²) in [4.78, 5) is 26.6. The highest BCUT2D eigenvalue weighted by Crippen LogP contribution is 2.26. The maximum atomic E-state index is 13.4. The third kappa shape index (κ3) is 4.92. The molecule has 1 N–H and O–H groups in total. The number of benzene rings is 2. The summed E-state index contributed by atoms with van der Waals surface area (Å²) < 4.78 is 50.7. The van der Waals surface area contributed by atoms with E-state index < -0.39 is 25.2 Å². The summed E-state index contributed by atoms with van der Waals surface area (Å²) >= 11 is 0. The van der Waals surface area contributed by atoms with Crippen molar-refractivity contribution in [3.8, 4) is 5.69 Å². The van der Waals surface area contributed by atoms with Crippen molar-refractivity contribution >= 4 is 36.6 Å². The molecule has 2 heterocycles. The van der Waals surface area contributed by atoms with Gasteiger partial charge < -0.3 is 5.32 Å². The van der Waals surface area contributed by atoms with E-state index in [4.69, 9.17) is 0 Å². The molecule has 1 aromatic heterocycles. The third-order valence-electron chi connectivity index (χ3n) is 6.50. The standard InChI is InChI=1S/C24H29N3O6S2/c1-16(2)26-21-14-17(22(28)25-24(3)10-12-35(32,33)13-11-24)8-9-20(21)27(23(26)29)18-6-5-7-19(15-18)34(4,30)31/h5-9,14-16H,10-13H2,1-4H3,(H,25,28). The lowest BCUT2D eigenvalue weighted by molar-refractivity contribution is 0.0900. The molecule has 4 rings (SSSR count). The minimum Gasteiger partial charge on any atom is -0.347 e. The Hall–Kier alpha value is -2.92. The van der Waals surface area contributed by atoms with Crippen molar-refractivity contribution in [2.75, 3.05) is 17.8 Å². The number of nitrogens with zero attached hydrogens (tertiary/aromatic N) is 2. The van der Waals surface area contributed by atoms with Crippen LogP contribution >= 0.6 is 0 Å². The second-order valence-corrected chi connectivity index (χ2v) is 14.0. The first-order valence-corrected chi connectivity index (χ1v) is 15.0. The van der Waals surface area contributed by atoms with Crippen LogP contribution in [0, 0.1) is 0 Å². The first kappa shape index (κ1) is 25.2. The number of rotatable bonds is 5. The van der Waals surface area contributed by atoms with E-state index in [2.05, 4.69) is 5.32 Å². The van der Waals surface area contributed by atoms with Gasteiger partial charge in [0.2, 0.25) is 0 Å². The zero-order valence-corrected chi connectivity index (χ0v) is 21.7. The van der Waals surface area contributed by atoms with Crippen LogP contribution in [0.3, 0.4) is 0 Å². The molecular formula is C24H29N3O6S2. The highest BCUT2D eigenvalue weighted by molar-refractivity contribution is 7.91. The van der Waals surface area contributed by atoms with Crippen LogP contribution < -0.4 is 11.0 Å². The van der Waals surface area contributed by atoms with E-state index >= 15 is 0 Å². The largest absolute Gasteiger partial charge is 0.347 e. The van der Waals surface area contributed by atoms with Crippen molar-refractivity contribution in [3.63, 3.8) is 0 Å². The zero-order chi connectivity index (χ0) is 25.8. The third-order valence-corrected chi connectivity index (χ3v) is 9.26. The second-order valence-electron chi connectivity index (χ2n) is 9.72. The topological polar surface area (TPSA) is 124 Å². The molecule has 2 aromatic carbocycles. The fraction of sp³-hybridized carbons (Fsp3) is 0.417. The lowest BCUT2D eigenvalue weighted by atomic mass is 9.94. The van der Waals surface area contributed by atoms with Crippen molar-refractivity contribution in [3.05, 3.63) is 58.5 Å². The minimum absolute atomic E-state index is 0.0328.